The molecule has 0 amide bonds. The van der Waals surface area contributed by atoms with Crippen LogP contribution in [0.5, 0.6) is 5.75 Å². The van der Waals surface area contributed by atoms with Gasteiger partial charge in [-0.25, -0.2) is 9.97 Å². The number of nitrogens with zero attached hydrogens (tertiary/aromatic N) is 2. The molecule has 2 aromatic rings. The van der Waals surface area contributed by atoms with Crippen LogP contribution in [0.1, 0.15) is 25.5 Å². The Kier molecular flexibility index (Phi) is 4.24. The van der Waals surface area contributed by atoms with Crippen LogP contribution in [0.3, 0.4) is 0 Å². The van der Waals surface area contributed by atoms with Gasteiger partial charge in [-0.2, -0.15) is 0 Å². The first-order chi connectivity index (χ1) is 9.04. The summed E-state index contributed by atoms with van der Waals surface area (Å²) in [6, 6.07) is 7.68. The summed E-state index contributed by atoms with van der Waals surface area (Å²) in [6.07, 6.45) is 0. The summed E-state index contributed by atoms with van der Waals surface area (Å²) in [5, 5.41) is 0. The van der Waals surface area contributed by atoms with Crippen LogP contribution in [-0.4, -0.2) is 17.1 Å². The summed E-state index contributed by atoms with van der Waals surface area (Å²) in [5.74, 6) is 2.17. The van der Waals surface area contributed by atoms with E-state index in [-0.39, 0.29) is 0 Å². The largest absolute Gasteiger partial charge is 0.496 e. The molecule has 1 heterocycles. The fourth-order valence-corrected chi connectivity index (χ4v) is 2.68. The van der Waals surface area contributed by atoms with Gasteiger partial charge < -0.3 is 10.5 Å². The first-order valence-corrected chi connectivity index (χ1v) is 7.08. The third kappa shape index (κ3) is 2.80. The number of nitrogens with two attached hydrogens (primary N) is 1. The Morgan fingerprint density at radius 2 is 1.89 bits per heavy atom. The van der Waals surface area contributed by atoms with Gasteiger partial charge >= 0.3 is 0 Å². The maximum Gasteiger partial charge on any atom is 0.165 e. The van der Waals surface area contributed by atoms with Gasteiger partial charge in [0.15, 0.2) is 5.82 Å². The molecule has 0 aliphatic rings. The number of anilines is 1. The summed E-state index contributed by atoms with van der Waals surface area (Å²) in [7, 11) is 1.64. The lowest BCUT2D eigenvalue weighted by Crippen LogP contribution is -2.06. The number of benzene rings is 1. The van der Waals surface area contributed by atoms with E-state index >= 15 is 0 Å². The fourth-order valence-electron chi connectivity index (χ4n) is 1.81. The molecular formula is C14H16IN3O. The lowest BCUT2D eigenvalue weighted by Gasteiger charge is -2.13. The van der Waals surface area contributed by atoms with E-state index in [9.17, 15) is 0 Å². The number of ether oxygens (including phenoxy) is 1. The molecule has 0 aliphatic heterocycles. The second kappa shape index (κ2) is 5.73. The van der Waals surface area contributed by atoms with Crippen LogP contribution in [0.25, 0.3) is 11.4 Å². The Hall–Kier alpha value is -1.37. The molecule has 100 valence electrons. The van der Waals surface area contributed by atoms with E-state index in [0.29, 0.717) is 17.6 Å². The predicted molar refractivity (Wildman–Crippen MR) is 85.2 cm³/mol. The third-order valence-corrected chi connectivity index (χ3v) is 3.90. The minimum atomic E-state index is 0.297. The van der Waals surface area contributed by atoms with E-state index < -0.39 is 0 Å². The van der Waals surface area contributed by atoms with Gasteiger partial charge in [-0.15, -0.1) is 0 Å². The predicted octanol–water partition coefficient (Wildman–Crippen LogP) is 3.46. The van der Waals surface area contributed by atoms with Gasteiger partial charge in [0, 0.05) is 0 Å². The molecule has 0 saturated heterocycles. The quantitative estimate of drug-likeness (QED) is 0.842. The first-order valence-electron chi connectivity index (χ1n) is 6.01. The number of para-hydroxylation sites is 1. The van der Waals surface area contributed by atoms with Crippen molar-refractivity contribution in [3.8, 4) is 17.1 Å². The van der Waals surface area contributed by atoms with Crippen molar-refractivity contribution in [1.82, 2.24) is 9.97 Å². The number of hydrogen-bond donors (Lipinski definition) is 1. The van der Waals surface area contributed by atoms with Gasteiger partial charge in [-0.3, -0.25) is 0 Å². The van der Waals surface area contributed by atoms with Crippen molar-refractivity contribution in [2.45, 2.75) is 19.8 Å². The number of rotatable bonds is 3. The molecule has 4 nitrogen and oxygen atoms in total. The second-order valence-electron chi connectivity index (χ2n) is 4.49. The molecule has 0 fully saturated rings. The number of nitrogen functional groups attached to an aromatic ring is 1. The Labute approximate surface area is 126 Å². The second-order valence-corrected chi connectivity index (χ2v) is 5.57. The van der Waals surface area contributed by atoms with Crippen LogP contribution in [0, 0.1) is 3.57 Å². The van der Waals surface area contributed by atoms with E-state index in [1.54, 1.807) is 7.11 Å². The topological polar surface area (TPSA) is 61.0 Å². The fraction of sp³-hybridized carbons (Fsp3) is 0.286. The number of hydrogen-bond acceptors (Lipinski definition) is 4. The lowest BCUT2D eigenvalue weighted by atomic mass is 10.1. The van der Waals surface area contributed by atoms with E-state index in [1.165, 1.54) is 0 Å². The molecular weight excluding hydrogens is 353 g/mol. The minimum Gasteiger partial charge on any atom is -0.496 e. The highest BCUT2D eigenvalue weighted by atomic mass is 127. The third-order valence-electron chi connectivity index (χ3n) is 2.80. The van der Waals surface area contributed by atoms with E-state index in [1.807, 2.05) is 24.3 Å². The van der Waals surface area contributed by atoms with Crippen molar-refractivity contribution in [2.75, 3.05) is 12.8 Å². The van der Waals surface area contributed by atoms with E-state index in [0.717, 1.165) is 20.6 Å². The Bertz CT molecular complexity index is 599. The summed E-state index contributed by atoms with van der Waals surface area (Å²) in [5.41, 5.74) is 7.81. The van der Waals surface area contributed by atoms with Gasteiger partial charge in [0.2, 0.25) is 0 Å². The zero-order chi connectivity index (χ0) is 14.0. The van der Waals surface area contributed by atoms with Crippen molar-refractivity contribution < 1.29 is 4.74 Å². The summed E-state index contributed by atoms with van der Waals surface area (Å²) in [6.45, 7) is 4.19. The molecule has 2 rings (SSSR count). The Morgan fingerprint density at radius 3 is 2.53 bits per heavy atom. The maximum absolute atomic E-state index is 5.99. The number of aromatic nitrogens is 2. The van der Waals surface area contributed by atoms with Gasteiger partial charge in [-0.05, 0) is 40.6 Å². The maximum atomic E-state index is 5.99. The van der Waals surface area contributed by atoms with Gasteiger partial charge in [0.1, 0.15) is 11.6 Å². The van der Waals surface area contributed by atoms with Crippen molar-refractivity contribution >= 4 is 28.4 Å². The summed E-state index contributed by atoms with van der Waals surface area (Å²) >= 11 is 2.19. The van der Waals surface area contributed by atoms with Crippen molar-refractivity contribution in [1.29, 1.82) is 0 Å². The molecule has 0 bridgehead atoms. The highest BCUT2D eigenvalue weighted by Crippen LogP contribution is 2.31. The van der Waals surface area contributed by atoms with Crippen LogP contribution in [0.15, 0.2) is 24.3 Å². The van der Waals surface area contributed by atoms with Crippen molar-refractivity contribution in [2.24, 2.45) is 0 Å². The summed E-state index contributed by atoms with van der Waals surface area (Å²) < 4.78 is 6.27. The van der Waals surface area contributed by atoms with Crippen LogP contribution in [0.4, 0.5) is 5.82 Å². The van der Waals surface area contributed by atoms with Crippen LogP contribution >= 0.6 is 22.6 Å². The number of halogens is 1. The Balaban J connectivity index is 2.63. The standard InChI is InChI=1S/C14H16IN3O/c1-8(2)12-11(15)13(16)18-14(17-12)9-6-4-5-7-10(9)19-3/h4-8H,1-3H3,(H2,16,17,18). The molecule has 1 aromatic heterocycles. The Morgan fingerprint density at radius 1 is 1.21 bits per heavy atom. The van der Waals surface area contributed by atoms with Gasteiger partial charge in [-0.1, -0.05) is 26.0 Å². The molecule has 0 radical (unpaired) electrons. The highest BCUT2D eigenvalue weighted by Gasteiger charge is 2.16. The smallest absolute Gasteiger partial charge is 0.165 e. The molecule has 2 N–H and O–H groups in total. The van der Waals surface area contributed by atoms with Crippen molar-refractivity contribution in [3.05, 3.63) is 33.5 Å². The van der Waals surface area contributed by atoms with Crippen LogP contribution in [0.2, 0.25) is 0 Å². The molecule has 0 saturated carbocycles. The average molecular weight is 369 g/mol. The zero-order valence-corrected chi connectivity index (χ0v) is 13.3. The zero-order valence-electron chi connectivity index (χ0n) is 11.1. The molecule has 0 unspecified atom stereocenters. The molecule has 1 aromatic carbocycles. The molecule has 0 spiro atoms. The highest BCUT2D eigenvalue weighted by molar-refractivity contribution is 14.1. The molecule has 0 aliphatic carbocycles. The van der Waals surface area contributed by atoms with E-state index in [4.69, 9.17) is 10.5 Å². The SMILES string of the molecule is COc1ccccc1-c1nc(N)c(I)c(C(C)C)n1. The minimum absolute atomic E-state index is 0.297. The van der Waals surface area contributed by atoms with Crippen molar-refractivity contribution in [3.63, 3.8) is 0 Å². The lowest BCUT2D eigenvalue weighted by molar-refractivity contribution is 0.416. The number of methoxy groups -OCH3 is 1. The van der Waals surface area contributed by atoms with Gasteiger partial charge in [0.05, 0.1) is 21.9 Å². The normalized spacial score (nSPS) is 10.8. The molecule has 19 heavy (non-hydrogen) atoms. The van der Waals surface area contributed by atoms with Crippen LogP contribution < -0.4 is 10.5 Å². The van der Waals surface area contributed by atoms with E-state index in [2.05, 4.69) is 46.4 Å². The molecule has 5 heteroatoms. The van der Waals surface area contributed by atoms with Gasteiger partial charge in [0.25, 0.3) is 0 Å². The average Bonchev–Trinajstić information content (AvgIpc) is 2.41. The molecule has 0 atom stereocenters. The first kappa shape index (κ1) is 14.0. The van der Waals surface area contributed by atoms with Crippen LogP contribution in [-0.2, 0) is 0 Å². The monoisotopic (exact) mass is 369 g/mol. The summed E-state index contributed by atoms with van der Waals surface area (Å²) in [4.78, 5) is 9.01.